The molecule has 109 valence electrons. The van der Waals surface area contributed by atoms with Gasteiger partial charge < -0.3 is 9.47 Å². The van der Waals surface area contributed by atoms with Crippen LogP contribution in [0.4, 0.5) is 0 Å². The minimum atomic E-state index is -0.680. The molecule has 0 N–H and O–H groups in total. The average Bonchev–Trinajstić information content (AvgIpc) is 2.57. The molecule has 0 spiro atoms. The lowest BCUT2D eigenvalue weighted by Crippen LogP contribution is -2.38. The van der Waals surface area contributed by atoms with Gasteiger partial charge in [0, 0.05) is 6.42 Å². The number of ether oxygens (including phenoxy) is 2. The van der Waals surface area contributed by atoms with Crippen LogP contribution in [0.25, 0.3) is 0 Å². The van der Waals surface area contributed by atoms with Crippen LogP contribution in [0.15, 0.2) is 54.6 Å². The first-order valence-electron chi connectivity index (χ1n) is 7.60. The van der Waals surface area contributed by atoms with E-state index in [1.807, 2.05) is 0 Å². The molecule has 1 atom stereocenters. The lowest BCUT2D eigenvalue weighted by Gasteiger charge is -2.23. The van der Waals surface area contributed by atoms with Gasteiger partial charge in [-0.15, -0.1) is 0 Å². The molecule has 0 aliphatic carbocycles. The van der Waals surface area contributed by atoms with Gasteiger partial charge in [-0.25, -0.2) is 0 Å². The Balaban J connectivity index is 1.66. The highest BCUT2D eigenvalue weighted by atomic mass is 28.3. The van der Waals surface area contributed by atoms with Gasteiger partial charge in [0.25, 0.3) is 0 Å². The molecule has 0 amide bonds. The average molecular weight is 297 g/mol. The molecule has 2 nitrogen and oxygen atoms in total. The predicted octanol–water partition coefficient (Wildman–Crippen LogP) is 2.83. The third-order valence-corrected chi connectivity index (χ3v) is 6.30. The topological polar surface area (TPSA) is 18.5 Å². The summed E-state index contributed by atoms with van der Waals surface area (Å²) in [6, 6.07) is 19.3. The van der Waals surface area contributed by atoms with Crippen molar-refractivity contribution < 1.29 is 9.47 Å². The number of benzene rings is 2. The van der Waals surface area contributed by atoms with Crippen molar-refractivity contribution in [3.05, 3.63) is 54.6 Å². The van der Waals surface area contributed by atoms with Gasteiger partial charge in [-0.1, -0.05) is 59.4 Å². The summed E-state index contributed by atoms with van der Waals surface area (Å²) in [5.41, 5.74) is 0. The van der Waals surface area contributed by atoms with E-state index in [1.165, 1.54) is 16.8 Å². The van der Waals surface area contributed by atoms with Crippen LogP contribution in [-0.4, -0.2) is 21.7 Å². The number of rotatable bonds is 4. The number of hydrogen-bond acceptors (Lipinski definition) is 2. The zero-order valence-electron chi connectivity index (χ0n) is 12.4. The van der Waals surface area contributed by atoms with E-state index in [4.69, 9.17) is 9.47 Å². The smallest absolute Gasteiger partial charge is 0.199 e. The Kier molecular flexibility index (Phi) is 4.73. The Morgan fingerprint density at radius 1 is 0.952 bits per heavy atom. The summed E-state index contributed by atoms with van der Waals surface area (Å²) in [7, 11) is -0.680. The van der Waals surface area contributed by atoms with Crippen LogP contribution in [0.3, 0.4) is 0 Å². The molecular weight excluding hydrogens is 276 g/mol. The second kappa shape index (κ2) is 6.92. The highest BCUT2D eigenvalue weighted by Crippen LogP contribution is 2.18. The Hall–Kier alpha value is -1.58. The van der Waals surface area contributed by atoms with Crippen molar-refractivity contribution in [2.24, 2.45) is 0 Å². The molecule has 1 unspecified atom stereocenters. The predicted molar refractivity (Wildman–Crippen MR) is 88.0 cm³/mol. The lowest BCUT2D eigenvalue weighted by atomic mass is 10.2. The molecule has 0 aromatic heterocycles. The summed E-state index contributed by atoms with van der Waals surface area (Å²) < 4.78 is 11.5. The molecule has 1 saturated heterocycles. The molecule has 1 fully saturated rings. The van der Waals surface area contributed by atoms with E-state index < -0.39 is 8.80 Å². The molecule has 0 saturated carbocycles. The minimum Gasteiger partial charge on any atom is -0.465 e. The van der Waals surface area contributed by atoms with Crippen molar-refractivity contribution in [3.8, 4) is 5.75 Å². The maximum absolute atomic E-state index is 5.88. The summed E-state index contributed by atoms with van der Waals surface area (Å²) in [6.07, 6.45) is 3.27. The minimum absolute atomic E-state index is 0.0647. The molecule has 1 radical (unpaired) electrons. The lowest BCUT2D eigenvalue weighted by molar-refractivity contribution is -0.105. The van der Waals surface area contributed by atoms with Crippen molar-refractivity contribution in [1.82, 2.24) is 0 Å². The van der Waals surface area contributed by atoms with Crippen LogP contribution in [0.2, 0.25) is 6.55 Å². The van der Waals surface area contributed by atoms with Crippen molar-refractivity contribution >= 4 is 19.2 Å². The highest BCUT2D eigenvalue weighted by molar-refractivity contribution is 6.84. The van der Waals surface area contributed by atoms with Crippen LogP contribution < -0.4 is 15.1 Å². The Morgan fingerprint density at radius 3 is 2.33 bits per heavy atom. The van der Waals surface area contributed by atoms with Gasteiger partial charge in [0.05, 0.1) is 6.61 Å². The van der Waals surface area contributed by atoms with E-state index in [9.17, 15) is 0 Å². The van der Waals surface area contributed by atoms with Gasteiger partial charge in [-0.3, -0.25) is 0 Å². The van der Waals surface area contributed by atoms with E-state index in [0.29, 0.717) is 0 Å². The standard InChI is InChI=1S/C18H21O2Si/c1-21(16-7-3-2-4-8-16)17-12-10-15(11-13-17)20-18-9-5-6-14-19-18/h2-4,7-8,10-13,18H,5-6,9,14H2,1H3. The molecule has 1 aliphatic heterocycles. The monoisotopic (exact) mass is 297 g/mol. The van der Waals surface area contributed by atoms with Gasteiger partial charge in [-0.05, 0) is 25.0 Å². The van der Waals surface area contributed by atoms with Crippen LogP contribution in [0.5, 0.6) is 5.75 Å². The van der Waals surface area contributed by atoms with Crippen molar-refractivity contribution in [2.45, 2.75) is 32.1 Å². The van der Waals surface area contributed by atoms with Crippen molar-refractivity contribution in [3.63, 3.8) is 0 Å². The molecule has 3 rings (SSSR count). The second-order valence-electron chi connectivity index (χ2n) is 5.43. The Labute approximate surface area is 128 Å². The molecular formula is C18H21O2Si. The van der Waals surface area contributed by atoms with Crippen molar-refractivity contribution in [2.75, 3.05) is 6.61 Å². The fourth-order valence-corrected chi connectivity index (χ4v) is 4.29. The molecule has 3 heteroatoms. The summed E-state index contributed by atoms with van der Waals surface area (Å²) in [6.45, 7) is 3.15. The van der Waals surface area contributed by atoms with Gasteiger partial charge in [-0.2, -0.15) is 0 Å². The largest absolute Gasteiger partial charge is 0.465 e. The van der Waals surface area contributed by atoms with Crippen LogP contribution in [0, 0.1) is 0 Å². The molecule has 21 heavy (non-hydrogen) atoms. The Bertz CT molecular complexity index is 547. The first-order valence-corrected chi connectivity index (χ1v) is 9.60. The maximum Gasteiger partial charge on any atom is 0.199 e. The van der Waals surface area contributed by atoms with Crippen LogP contribution in [-0.2, 0) is 4.74 Å². The first-order chi connectivity index (χ1) is 10.3. The van der Waals surface area contributed by atoms with E-state index >= 15 is 0 Å². The second-order valence-corrected chi connectivity index (χ2v) is 7.83. The van der Waals surface area contributed by atoms with Gasteiger partial charge in [0.1, 0.15) is 14.5 Å². The SMILES string of the molecule is C[Si](c1ccccc1)c1ccc(OC2CCCCO2)cc1. The zero-order chi connectivity index (χ0) is 14.5. The molecule has 1 heterocycles. The Morgan fingerprint density at radius 2 is 1.67 bits per heavy atom. The number of hydrogen-bond donors (Lipinski definition) is 0. The van der Waals surface area contributed by atoms with Crippen LogP contribution >= 0.6 is 0 Å². The normalized spacial score (nSPS) is 18.7. The van der Waals surface area contributed by atoms with Gasteiger partial charge in [0.2, 0.25) is 0 Å². The quantitative estimate of drug-likeness (QED) is 0.808. The molecule has 0 bridgehead atoms. The zero-order valence-corrected chi connectivity index (χ0v) is 13.4. The first kappa shape index (κ1) is 14.4. The van der Waals surface area contributed by atoms with Gasteiger partial charge >= 0.3 is 0 Å². The van der Waals surface area contributed by atoms with Crippen molar-refractivity contribution in [1.29, 1.82) is 0 Å². The molecule has 2 aromatic rings. The third-order valence-electron chi connectivity index (χ3n) is 3.90. The summed E-state index contributed by atoms with van der Waals surface area (Å²) in [5, 5.41) is 2.84. The molecule has 1 aliphatic rings. The summed E-state index contributed by atoms with van der Waals surface area (Å²) in [5.74, 6) is 0.911. The summed E-state index contributed by atoms with van der Waals surface area (Å²) >= 11 is 0. The fraction of sp³-hybridized carbons (Fsp3) is 0.333. The highest BCUT2D eigenvalue weighted by Gasteiger charge is 2.15. The van der Waals surface area contributed by atoms with Crippen LogP contribution in [0.1, 0.15) is 19.3 Å². The van der Waals surface area contributed by atoms with E-state index in [-0.39, 0.29) is 6.29 Å². The summed E-state index contributed by atoms with van der Waals surface area (Å²) in [4.78, 5) is 0. The maximum atomic E-state index is 5.88. The third kappa shape index (κ3) is 3.74. The van der Waals surface area contributed by atoms with Gasteiger partial charge in [0.15, 0.2) is 6.29 Å². The fourth-order valence-electron chi connectivity index (χ4n) is 2.59. The van der Waals surface area contributed by atoms with E-state index in [0.717, 1.165) is 25.2 Å². The molecule has 2 aromatic carbocycles. The van der Waals surface area contributed by atoms with E-state index in [1.54, 1.807) is 0 Å². The van der Waals surface area contributed by atoms with E-state index in [2.05, 4.69) is 61.1 Å².